The van der Waals surface area contributed by atoms with E-state index in [4.69, 9.17) is 0 Å². The van der Waals surface area contributed by atoms with Crippen molar-refractivity contribution in [2.45, 2.75) is 0 Å². The van der Waals surface area contributed by atoms with Gasteiger partial charge in [0.2, 0.25) is 0 Å². The van der Waals surface area contributed by atoms with Crippen molar-refractivity contribution in [2.24, 2.45) is 0 Å². The molecular formula is C64H42N2. The summed E-state index contributed by atoms with van der Waals surface area (Å²) in [4.78, 5) is 2.52. The molecule has 308 valence electrons. The Morgan fingerprint density at radius 2 is 0.742 bits per heavy atom. The maximum absolute atomic E-state index is 2.52. The molecule has 0 aliphatic heterocycles. The van der Waals surface area contributed by atoms with Crippen LogP contribution in [0.1, 0.15) is 0 Å². The highest BCUT2D eigenvalue weighted by Crippen LogP contribution is 2.51. The van der Waals surface area contributed by atoms with Gasteiger partial charge in [0.05, 0.1) is 28.1 Å². The topological polar surface area (TPSA) is 8.17 Å². The second kappa shape index (κ2) is 15.5. The summed E-state index contributed by atoms with van der Waals surface area (Å²) in [5.41, 5.74) is 16.4. The van der Waals surface area contributed by atoms with E-state index in [0.29, 0.717) is 0 Å². The molecule has 0 unspecified atom stereocenters. The Morgan fingerprint density at radius 3 is 1.35 bits per heavy atom. The molecule has 66 heavy (non-hydrogen) atoms. The summed E-state index contributed by atoms with van der Waals surface area (Å²) in [6, 6.07) is 93.4. The molecule has 0 atom stereocenters. The number of anilines is 3. The van der Waals surface area contributed by atoms with Crippen LogP contribution >= 0.6 is 0 Å². The number of para-hydroxylation sites is 3. The molecule has 0 aliphatic carbocycles. The van der Waals surface area contributed by atoms with E-state index in [0.717, 1.165) is 39.3 Å². The zero-order valence-corrected chi connectivity index (χ0v) is 36.1. The Labute approximate surface area is 383 Å². The first-order valence-electron chi connectivity index (χ1n) is 22.8. The van der Waals surface area contributed by atoms with Crippen LogP contribution in [0.5, 0.6) is 0 Å². The normalized spacial score (nSPS) is 11.6. The van der Waals surface area contributed by atoms with Crippen LogP contribution in [0, 0.1) is 0 Å². The van der Waals surface area contributed by atoms with Crippen LogP contribution in [0.4, 0.5) is 17.1 Å². The number of nitrogens with zero attached hydrogens (tertiary/aromatic N) is 2. The van der Waals surface area contributed by atoms with Crippen LogP contribution in [0.3, 0.4) is 0 Å². The van der Waals surface area contributed by atoms with Gasteiger partial charge < -0.3 is 9.47 Å². The Bertz CT molecular complexity index is 3790. The van der Waals surface area contributed by atoms with E-state index in [-0.39, 0.29) is 0 Å². The molecule has 0 aliphatic rings. The second-order valence-corrected chi connectivity index (χ2v) is 17.2. The molecule has 13 aromatic rings. The van der Waals surface area contributed by atoms with Gasteiger partial charge in [0.15, 0.2) is 0 Å². The molecule has 1 heterocycles. The van der Waals surface area contributed by atoms with E-state index in [1.165, 1.54) is 82.1 Å². The fraction of sp³-hybridized carbons (Fsp3) is 0. The van der Waals surface area contributed by atoms with Gasteiger partial charge in [0.25, 0.3) is 0 Å². The van der Waals surface area contributed by atoms with Gasteiger partial charge in [0, 0.05) is 38.4 Å². The summed E-state index contributed by atoms with van der Waals surface area (Å²) in [6.07, 6.45) is 0. The molecule has 0 N–H and O–H groups in total. The molecule has 0 saturated heterocycles. The summed E-state index contributed by atoms with van der Waals surface area (Å²) in [7, 11) is 0. The zero-order chi connectivity index (χ0) is 43.6. The smallest absolute Gasteiger partial charge is 0.0618 e. The van der Waals surface area contributed by atoms with Crippen molar-refractivity contribution in [3.8, 4) is 50.2 Å². The molecule has 0 amide bonds. The van der Waals surface area contributed by atoms with Crippen LogP contribution in [0.2, 0.25) is 0 Å². The molecule has 0 bridgehead atoms. The Kier molecular flexibility index (Phi) is 8.89. The fourth-order valence-corrected chi connectivity index (χ4v) is 10.5. The minimum atomic E-state index is 1.08. The highest BCUT2D eigenvalue weighted by Gasteiger charge is 2.25. The van der Waals surface area contributed by atoms with Gasteiger partial charge in [-0.2, -0.15) is 0 Å². The summed E-state index contributed by atoms with van der Waals surface area (Å²) in [6.45, 7) is 0. The quantitative estimate of drug-likeness (QED) is 0.138. The molecule has 12 aromatic carbocycles. The maximum Gasteiger partial charge on any atom is 0.0618 e. The number of aromatic nitrogens is 1. The standard InChI is InChI=1S/C64H42N2/c1-4-16-43(17-5-1)49-22-14-23-50(42-49)44-30-36-51(37-31-44)65(64-52(45-18-6-2-7-19-45)26-15-27-53(64)46-20-8-3-9-21-46)60-40-34-47-33-39-57-61(41-35-48-32-38-56(60)62(47)63(48)57)66-58-28-12-10-24-54(58)55-25-11-13-29-59(55)66/h1-42H. The third-order valence-corrected chi connectivity index (χ3v) is 13.5. The minimum absolute atomic E-state index is 1.08. The molecule has 0 spiro atoms. The number of fused-ring (bicyclic) bond motifs is 3. The first kappa shape index (κ1) is 37.8. The third kappa shape index (κ3) is 6.11. The van der Waals surface area contributed by atoms with Crippen molar-refractivity contribution in [1.82, 2.24) is 4.57 Å². The lowest BCUT2D eigenvalue weighted by atomic mass is 9.90. The highest BCUT2D eigenvalue weighted by molar-refractivity contribution is 6.28. The number of rotatable bonds is 8. The van der Waals surface area contributed by atoms with Crippen LogP contribution in [0.25, 0.3) is 104 Å². The molecule has 0 saturated carbocycles. The maximum atomic E-state index is 2.52. The van der Waals surface area contributed by atoms with Crippen molar-refractivity contribution in [3.63, 3.8) is 0 Å². The monoisotopic (exact) mass is 838 g/mol. The van der Waals surface area contributed by atoms with Gasteiger partial charge in [-0.25, -0.2) is 0 Å². The average Bonchev–Trinajstić information content (AvgIpc) is 3.73. The average molecular weight is 839 g/mol. The van der Waals surface area contributed by atoms with Crippen LogP contribution in [-0.2, 0) is 0 Å². The minimum Gasteiger partial charge on any atom is -0.309 e. The first-order chi connectivity index (χ1) is 32.8. The Balaban J connectivity index is 1.07. The summed E-state index contributed by atoms with van der Waals surface area (Å²) in [5.74, 6) is 0. The largest absolute Gasteiger partial charge is 0.309 e. The molecule has 2 nitrogen and oxygen atoms in total. The van der Waals surface area contributed by atoms with Gasteiger partial charge in [-0.05, 0) is 97.4 Å². The predicted molar refractivity (Wildman–Crippen MR) is 281 cm³/mol. The molecule has 13 rings (SSSR count). The third-order valence-electron chi connectivity index (χ3n) is 13.5. The highest BCUT2D eigenvalue weighted by atomic mass is 15.1. The zero-order valence-electron chi connectivity index (χ0n) is 36.1. The predicted octanol–water partition coefficient (Wildman–Crippen LogP) is 17.8. The van der Waals surface area contributed by atoms with Gasteiger partial charge in [-0.1, -0.05) is 212 Å². The number of hydrogen-bond acceptors (Lipinski definition) is 1. The molecular weight excluding hydrogens is 797 g/mol. The van der Waals surface area contributed by atoms with Gasteiger partial charge in [-0.15, -0.1) is 0 Å². The summed E-state index contributed by atoms with van der Waals surface area (Å²) < 4.78 is 2.46. The lowest BCUT2D eigenvalue weighted by molar-refractivity contribution is 1.20. The number of benzene rings is 12. The van der Waals surface area contributed by atoms with E-state index in [1.54, 1.807) is 0 Å². The van der Waals surface area contributed by atoms with Crippen molar-refractivity contribution in [2.75, 3.05) is 4.90 Å². The SMILES string of the molecule is c1ccc(-c2cccc(-c3ccc(N(c4c(-c5ccccc5)cccc4-c4ccccc4)c4ccc5ccc6c(-n7c8ccccc8c8ccccc87)ccc7ccc4c5c76)cc3)c2)cc1. The van der Waals surface area contributed by atoms with Crippen LogP contribution in [0.15, 0.2) is 255 Å². The summed E-state index contributed by atoms with van der Waals surface area (Å²) in [5, 5.41) is 9.95. The van der Waals surface area contributed by atoms with Crippen LogP contribution in [-0.4, -0.2) is 4.57 Å². The van der Waals surface area contributed by atoms with Gasteiger partial charge >= 0.3 is 0 Å². The molecule has 2 heteroatoms. The van der Waals surface area contributed by atoms with Gasteiger partial charge in [-0.3, -0.25) is 0 Å². The lowest BCUT2D eigenvalue weighted by Crippen LogP contribution is -2.13. The summed E-state index contributed by atoms with van der Waals surface area (Å²) >= 11 is 0. The second-order valence-electron chi connectivity index (χ2n) is 17.2. The van der Waals surface area contributed by atoms with Gasteiger partial charge in [0.1, 0.15) is 0 Å². The molecule has 0 radical (unpaired) electrons. The van der Waals surface area contributed by atoms with E-state index < -0.39 is 0 Å². The first-order valence-corrected chi connectivity index (χ1v) is 22.8. The Hall–Kier alpha value is -8.72. The van der Waals surface area contributed by atoms with Crippen molar-refractivity contribution < 1.29 is 0 Å². The van der Waals surface area contributed by atoms with Crippen molar-refractivity contribution >= 4 is 71.2 Å². The molecule has 0 fully saturated rings. The Morgan fingerprint density at radius 1 is 0.288 bits per heavy atom. The number of hydrogen-bond donors (Lipinski definition) is 0. The van der Waals surface area contributed by atoms with E-state index >= 15 is 0 Å². The van der Waals surface area contributed by atoms with E-state index in [9.17, 15) is 0 Å². The van der Waals surface area contributed by atoms with E-state index in [1.807, 2.05) is 0 Å². The van der Waals surface area contributed by atoms with Crippen molar-refractivity contribution in [1.29, 1.82) is 0 Å². The molecule has 1 aromatic heterocycles. The van der Waals surface area contributed by atoms with Crippen LogP contribution < -0.4 is 4.90 Å². The van der Waals surface area contributed by atoms with E-state index in [2.05, 4.69) is 264 Å². The lowest BCUT2D eigenvalue weighted by Gasteiger charge is -2.32. The van der Waals surface area contributed by atoms with Crippen molar-refractivity contribution in [3.05, 3.63) is 255 Å². The fourth-order valence-electron chi connectivity index (χ4n) is 10.5.